The fraction of sp³-hybridized carbons (Fsp3) is 0.154. The molecule has 1 aromatic carbocycles. The van der Waals surface area contributed by atoms with Gasteiger partial charge in [-0.3, -0.25) is 4.72 Å². The van der Waals surface area contributed by atoms with Crippen LogP contribution in [-0.4, -0.2) is 31.8 Å². The number of pyridine rings is 1. The maximum atomic E-state index is 11.7. The summed E-state index contributed by atoms with van der Waals surface area (Å²) in [4.78, 5) is 4.13. The lowest BCUT2D eigenvalue weighted by molar-refractivity contribution is 0.527. The van der Waals surface area contributed by atoms with Crippen molar-refractivity contribution in [2.24, 2.45) is 0 Å². The van der Waals surface area contributed by atoms with E-state index < -0.39 is 10.2 Å². The minimum Gasteiger partial charge on any atom is -0.340 e. The molecule has 2 rings (SSSR count). The predicted octanol–water partition coefficient (Wildman–Crippen LogP) is 3.35. The molecule has 0 aliphatic rings. The predicted molar refractivity (Wildman–Crippen MR) is 90.2 cm³/mol. The minimum absolute atomic E-state index is 0.364. The lowest BCUT2D eigenvalue weighted by Crippen LogP contribution is -2.28. The zero-order chi connectivity index (χ0) is 16.3. The average molecular weight is 361 g/mol. The summed E-state index contributed by atoms with van der Waals surface area (Å²) in [5.74, 6) is 0.533. The van der Waals surface area contributed by atoms with Crippen LogP contribution >= 0.6 is 23.2 Å². The van der Waals surface area contributed by atoms with E-state index in [1.807, 2.05) is 0 Å². The second-order valence-electron chi connectivity index (χ2n) is 4.60. The molecule has 2 N–H and O–H groups in total. The van der Waals surface area contributed by atoms with Gasteiger partial charge in [-0.25, -0.2) is 4.98 Å². The molecule has 22 heavy (non-hydrogen) atoms. The van der Waals surface area contributed by atoms with Gasteiger partial charge in [0.25, 0.3) is 0 Å². The number of halogens is 2. The molecule has 2 aromatic rings. The molecule has 6 nitrogen and oxygen atoms in total. The van der Waals surface area contributed by atoms with E-state index in [2.05, 4.69) is 15.0 Å². The van der Waals surface area contributed by atoms with Gasteiger partial charge in [-0.2, -0.15) is 12.7 Å². The molecule has 0 spiro atoms. The number of nitrogens with one attached hydrogen (secondary N) is 2. The first-order valence-corrected chi connectivity index (χ1v) is 8.35. The van der Waals surface area contributed by atoms with Crippen molar-refractivity contribution in [2.75, 3.05) is 24.1 Å². The molecule has 0 aliphatic heterocycles. The van der Waals surface area contributed by atoms with E-state index in [4.69, 9.17) is 23.2 Å². The molecule has 0 saturated carbocycles. The molecule has 0 bridgehead atoms. The van der Waals surface area contributed by atoms with Gasteiger partial charge in [0.1, 0.15) is 5.82 Å². The monoisotopic (exact) mass is 360 g/mol. The number of rotatable bonds is 5. The maximum absolute atomic E-state index is 11.7. The summed E-state index contributed by atoms with van der Waals surface area (Å²) in [6.45, 7) is 0. The normalized spacial score (nSPS) is 11.5. The molecule has 9 heteroatoms. The third kappa shape index (κ3) is 4.48. The Bertz CT molecular complexity index is 744. The number of nitrogens with zero attached hydrogens (tertiary/aromatic N) is 2. The highest BCUT2D eigenvalue weighted by Gasteiger charge is 2.12. The van der Waals surface area contributed by atoms with Gasteiger partial charge >= 0.3 is 10.2 Å². The summed E-state index contributed by atoms with van der Waals surface area (Å²) in [6, 6.07) is 8.28. The van der Waals surface area contributed by atoms with Crippen LogP contribution in [0.3, 0.4) is 0 Å². The molecule has 1 aromatic heterocycles. The Hall–Kier alpha value is -1.54. The Balaban J connectivity index is 2.12. The fourth-order valence-corrected chi connectivity index (χ4v) is 2.67. The van der Waals surface area contributed by atoms with Crippen molar-refractivity contribution >= 4 is 50.6 Å². The first-order chi connectivity index (χ1) is 10.3. The van der Waals surface area contributed by atoms with Crippen LogP contribution in [0.25, 0.3) is 0 Å². The molecule has 0 atom stereocenters. The largest absolute Gasteiger partial charge is 0.340 e. The third-order valence-corrected chi connectivity index (χ3v) is 4.52. The third-order valence-electron chi connectivity index (χ3n) is 2.63. The van der Waals surface area contributed by atoms with E-state index in [9.17, 15) is 8.42 Å². The fourth-order valence-electron chi connectivity index (χ4n) is 1.54. The van der Waals surface area contributed by atoms with Gasteiger partial charge in [0.15, 0.2) is 0 Å². The van der Waals surface area contributed by atoms with E-state index in [-0.39, 0.29) is 0 Å². The van der Waals surface area contributed by atoms with Crippen LogP contribution in [-0.2, 0) is 10.2 Å². The van der Waals surface area contributed by atoms with Crippen LogP contribution in [0.2, 0.25) is 10.0 Å². The zero-order valence-corrected chi connectivity index (χ0v) is 14.2. The summed E-state index contributed by atoms with van der Waals surface area (Å²) in [7, 11) is -0.668. The Kier molecular flexibility index (Phi) is 5.12. The first-order valence-electron chi connectivity index (χ1n) is 6.16. The van der Waals surface area contributed by atoms with Gasteiger partial charge < -0.3 is 5.32 Å². The number of hydrogen-bond acceptors (Lipinski definition) is 4. The summed E-state index contributed by atoms with van der Waals surface area (Å²) < 4.78 is 26.9. The van der Waals surface area contributed by atoms with Gasteiger partial charge in [-0.15, -0.1) is 0 Å². The van der Waals surface area contributed by atoms with Gasteiger partial charge in [0.05, 0.1) is 11.9 Å². The molecular formula is C13H14Cl2N4O2S. The smallest absolute Gasteiger partial charge is 0.301 e. The summed E-state index contributed by atoms with van der Waals surface area (Å²) in [5.41, 5.74) is 1.05. The van der Waals surface area contributed by atoms with Gasteiger partial charge in [0, 0.05) is 29.8 Å². The highest BCUT2D eigenvalue weighted by atomic mass is 35.5. The Morgan fingerprint density at radius 3 is 2.18 bits per heavy atom. The Morgan fingerprint density at radius 2 is 1.68 bits per heavy atom. The molecular weight excluding hydrogens is 347 g/mol. The highest BCUT2D eigenvalue weighted by molar-refractivity contribution is 7.90. The molecule has 0 fully saturated rings. The van der Waals surface area contributed by atoms with E-state index in [1.54, 1.807) is 30.3 Å². The maximum Gasteiger partial charge on any atom is 0.301 e. The van der Waals surface area contributed by atoms with Crippen molar-refractivity contribution in [3.63, 3.8) is 0 Å². The Morgan fingerprint density at radius 1 is 1.05 bits per heavy atom. The van der Waals surface area contributed by atoms with Crippen LogP contribution in [0.15, 0.2) is 36.5 Å². The average Bonchev–Trinajstić information content (AvgIpc) is 2.39. The lowest BCUT2D eigenvalue weighted by Gasteiger charge is -2.13. The second-order valence-corrected chi connectivity index (χ2v) is 7.36. The van der Waals surface area contributed by atoms with Crippen molar-refractivity contribution in [1.82, 2.24) is 9.29 Å². The first kappa shape index (κ1) is 16.8. The van der Waals surface area contributed by atoms with Gasteiger partial charge in [-0.05, 0) is 30.3 Å². The van der Waals surface area contributed by atoms with E-state index >= 15 is 0 Å². The number of benzene rings is 1. The number of anilines is 3. The van der Waals surface area contributed by atoms with Crippen molar-refractivity contribution < 1.29 is 8.42 Å². The van der Waals surface area contributed by atoms with Crippen LogP contribution < -0.4 is 10.0 Å². The molecule has 118 valence electrons. The zero-order valence-electron chi connectivity index (χ0n) is 11.8. The van der Waals surface area contributed by atoms with E-state index in [1.165, 1.54) is 20.3 Å². The van der Waals surface area contributed by atoms with Crippen LogP contribution in [0.5, 0.6) is 0 Å². The summed E-state index contributed by atoms with van der Waals surface area (Å²) >= 11 is 11.8. The van der Waals surface area contributed by atoms with Crippen LogP contribution in [0.1, 0.15) is 0 Å². The molecule has 0 radical (unpaired) electrons. The minimum atomic E-state index is -3.55. The quantitative estimate of drug-likeness (QED) is 0.857. The van der Waals surface area contributed by atoms with Crippen LogP contribution in [0, 0.1) is 0 Å². The topological polar surface area (TPSA) is 74.3 Å². The van der Waals surface area contributed by atoms with Crippen molar-refractivity contribution in [3.8, 4) is 0 Å². The van der Waals surface area contributed by atoms with Crippen LogP contribution in [0.4, 0.5) is 17.2 Å². The van der Waals surface area contributed by atoms with E-state index in [0.717, 1.165) is 4.31 Å². The standard InChI is InChI=1S/C13H14Cl2N4O2S/c1-19(2)22(20,21)18-11-3-4-13(16-8-11)17-12-6-9(14)5-10(15)7-12/h3-8,18H,1-2H3,(H,16,17). The van der Waals surface area contributed by atoms with Gasteiger partial charge in [-0.1, -0.05) is 23.2 Å². The second kappa shape index (κ2) is 6.70. The molecule has 1 heterocycles. The molecule has 0 amide bonds. The SMILES string of the molecule is CN(C)S(=O)(=O)Nc1ccc(Nc2cc(Cl)cc(Cl)c2)nc1. The van der Waals surface area contributed by atoms with Crippen molar-refractivity contribution in [1.29, 1.82) is 0 Å². The number of hydrogen-bond donors (Lipinski definition) is 2. The highest BCUT2D eigenvalue weighted by Crippen LogP contribution is 2.25. The number of aromatic nitrogens is 1. The lowest BCUT2D eigenvalue weighted by atomic mass is 10.3. The van der Waals surface area contributed by atoms with E-state index in [0.29, 0.717) is 27.2 Å². The van der Waals surface area contributed by atoms with Gasteiger partial charge in [0.2, 0.25) is 0 Å². The van der Waals surface area contributed by atoms with Crippen molar-refractivity contribution in [2.45, 2.75) is 0 Å². The summed E-state index contributed by atoms with van der Waals surface area (Å²) in [5, 5.41) is 4.04. The van der Waals surface area contributed by atoms with Crippen molar-refractivity contribution in [3.05, 3.63) is 46.6 Å². The summed E-state index contributed by atoms with van der Waals surface area (Å²) in [6.07, 6.45) is 1.41. The molecule has 0 unspecified atom stereocenters. The Labute approximate surface area is 139 Å². The molecule has 0 saturated heterocycles. The molecule has 0 aliphatic carbocycles.